The lowest BCUT2D eigenvalue weighted by Crippen LogP contribution is -2.40. The smallest absolute Gasteiger partial charge is 0.185 e. The molecule has 0 spiro atoms. The van der Waals surface area contributed by atoms with Crippen molar-refractivity contribution in [3.63, 3.8) is 0 Å². The van der Waals surface area contributed by atoms with Crippen LogP contribution in [0.15, 0.2) is 0 Å². The van der Waals surface area contributed by atoms with E-state index in [1.807, 2.05) is 0 Å². The quantitative estimate of drug-likeness (QED) is 0.686. The summed E-state index contributed by atoms with van der Waals surface area (Å²) in [4.78, 5) is 0. The van der Waals surface area contributed by atoms with Crippen LogP contribution in [-0.2, 0) is 4.43 Å². The second-order valence-electron chi connectivity index (χ2n) is 6.53. The molecule has 0 N–H and O–H groups in total. The van der Waals surface area contributed by atoms with Crippen molar-refractivity contribution >= 4 is 8.32 Å². The van der Waals surface area contributed by atoms with Gasteiger partial charge in [0.2, 0.25) is 0 Å². The Bertz CT molecular complexity index is 288. The Balaban J connectivity index is 2.10. The molecule has 2 fully saturated rings. The minimum atomic E-state index is -1.60. The molecular formula is C13H23NOSi. The van der Waals surface area contributed by atoms with E-state index in [2.05, 4.69) is 25.7 Å². The number of hydrogen-bond acceptors (Lipinski definition) is 2. The van der Waals surface area contributed by atoms with Crippen LogP contribution in [0.3, 0.4) is 0 Å². The van der Waals surface area contributed by atoms with E-state index in [1.54, 1.807) is 0 Å². The van der Waals surface area contributed by atoms with Crippen LogP contribution in [0.5, 0.6) is 0 Å². The molecule has 0 aromatic carbocycles. The average molecular weight is 237 g/mol. The van der Waals surface area contributed by atoms with E-state index in [0.29, 0.717) is 0 Å². The number of fused-ring (bicyclic) bond motifs is 1. The molecule has 0 heterocycles. The summed E-state index contributed by atoms with van der Waals surface area (Å²) in [6.07, 6.45) is 7.36. The molecule has 2 rings (SSSR count). The summed E-state index contributed by atoms with van der Waals surface area (Å²) in [5.74, 6) is 1.54. The summed E-state index contributed by atoms with van der Waals surface area (Å²) >= 11 is 0. The maximum atomic E-state index is 9.47. The first-order valence-electron chi connectivity index (χ1n) is 6.56. The number of hydrogen-bond donors (Lipinski definition) is 0. The van der Waals surface area contributed by atoms with Gasteiger partial charge in [-0.05, 0) is 44.3 Å². The zero-order chi connectivity index (χ0) is 11.8. The fourth-order valence-corrected chi connectivity index (χ4v) is 4.92. The molecule has 2 saturated carbocycles. The van der Waals surface area contributed by atoms with Crippen LogP contribution in [0.4, 0.5) is 0 Å². The van der Waals surface area contributed by atoms with Crippen molar-refractivity contribution in [2.75, 3.05) is 0 Å². The Morgan fingerprint density at radius 3 is 2.00 bits per heavy atom. The van der Waals surface area contributed by atoms with E-state index >= 15 is 0 Å². The van der Waals surface area contributed by atoms with Crippen molar-refractivity contribution in [2.45, 2.75) is 63.8 Å². The first-order chi connectivity index (χ1) is 7.44. The van der Waals surface area contributed by atoms with Gasteiger partial charge in [0.25, 0.3) is 0 Å². The third-order valence-electron chi connectivity index (χ3n) is 3.96. The van der Waals surface area contributed by atoms with Crippen LogP contribution in [0.25, 0.3) is 0 Å². The Morgan fingerprint density at radius 1 is 1.12 bits per heavy atom. The predicted octanol–water partition coefficient (Wildman–Crippen LogP) is 3.70. The van der Waals surface area contributed by atoms with Gasteiger partial charge in [-0.3, -0.25) is 0 Å². The molecule has 90 valence electrons. The van der Waals surface area contributed by atoms with E-state index in [9.17, 15) is 5.26 Å². The normalized spacial score (nSPS) is 39.1. The highest BCUT2D eigenvalue weighted by Gasteiger charge is 2.48. The molecule has 0 radical (unpaired) electrons. The number of nitrogens with zero attached hydrogens (tertiary/aromatic N) is 1. The van der Waals surface area contributed by atoms with Gasteiger partial charge in [0.15, 0.2) is 8.32 Å². The van der Waals surface area contributed by atoms with Crippen molar-refractivity contribution in [1.82, 2.24) is 0 Å². The summed E-state index contributed by atoms with van der Waals surface area (Å²) in [5.41, 5.74) is -0.426. The van der Waals surface area contributed by atoms with Crippen molar-refractivity contribution in [2.24, 2.45) is 11.8 Å². The number of nitriles is 1. The summed E-state index contributed by atoms with van der Waals surface area (Å²) < 4.78 is 6.21. The Kier molecular flexibility index (Phi) is 3.15. The Labute approximate surface area is 100 Å². The highest BCUT2D eigenvalue weighted by Crippen LogP contribution is 2.49. The maximum absolute atomic E-state index is 9.47. The molecule has 0 amide bonds. The molecule has 0 aromatic heterocycles. The van der Waals surface area contributed by atoms with E-state index in [4.69, 9.17) is 4.43 Å². The van der Waals surface area contributed by atoms with Crippen molar-refractivity contribution in [3.8, 4) is 6.07 Å². The van der Waals surface area contributed by atoms with Gasteiger partial charge >= 0.3 is 0 Å². The summed E-state index contributed by atoms with van der Waals surface area (Å²) in [6, 6.07) is 2.50. The minimum absolute atomic E-state index is 0.426. The summed E-state index contributed by atoms with van der Waals surface area (Å²) in [7, 11) is -1.60. The van der Waals surface area contributed by atoms with Crippen LogP contribution in [0.2, 0.25) is 19.6 Å². The zero-order valence-electron chi connectivity index (χ0n) is 10.8. The van der Waals surface area contributed by atoms with Gasteiger partial charge in [0, 0.05) is 0 Å². The second-order valence-corrected chi connectivity index (χ2v) is 11.0. The highest BCUT2D eigenvalue weighted by atomic mass is 28.4. The molecule has 2 aliphatic rings. The molecule has 0 aromatic rings. The van der Waals surface area contributed by atoms with E-state index in [0.717, 1.165) is 24.7 Å². The van der Waals surface area contributed by atoms with Crippen LogP contribution in [0, 0.1) is 23.2 Å². The van der Waals surface area contributed by atoms with Gasteiger partial charge < -0.3 is 4.43 Å². The molecule has 2 aliphatic carbocycles. The second kappa shape index (κ2) is 4.16. The van der Waals surface area contributed by atoms with Gasteiger partial charge in [-0.2, -0.15) is 5.26 Å². The maximum Gasteiger partial charge on any atom is 0.185 e. The molecule has 0 bridgehead atoms. The van der Waals surface area contributed by atoms with E-state index in [-0.39, 0.29) is 0 Å². The summed E-state index contributed by atoms with van der Waals surface area (Å²) in [6.45, 7) is 6.57. The molecule has 0 saturated heterocycles. The van der Waals surface area contributed by atoms with Gasteiger partial charge in [0.1, 0.15) is 5.60 Å². The zero-order valence-corrected chi connectivity index (χ0v) is 11.8. The lowest BCUT2D eigenvalue weighted by Gasteiger charge is -2.30. The molecule has 3 atom stereocenters. The molecule has 16 heavy (non-hydrogen) atoms. The SMILES string of the molecule is C[Si](C)(C)OC1(C#N)C[C@H]2CCCC[C@H]2C1. The lowest BCUT2D eigenvalue weighted by atomic mass is 9.82. The fourth-order valence-electron chi connectivity index (χ4n) is 3.54. The molecule has 1 unspecified atom stereocenters. The van der Waals surface area contributed by atoms with Crippen LogP contribution < -0.4 is 0 Å². The third-order valence-corrected chi connectivity index (χ3v) is 4.96. The van der Waals surface area contributed by atoms with Crippen LogP contribution in [-0.4, -0.2) is 13.9 Å². The third kappa shape index (κ3) is 2.49. The molecule has 2 nitrogen and oxygen atoms in total. The summed E-state index contributed by atoms with van der Waals surface area (Å²) in [5, 5.41) is 9.47. The standard InChI is InChI=1S/C13H23NOSi/c1-16(2,3)15-13(10-14)8-11-6-4-5-7-12(11)9-13/h11-12H,4-9H2,1-3H3/t11-,12+,13?. The van der Waals surface area contributed by atoms with Crippen molar-refractivity contribution < 1.29 is 4.43 Å². The topological polar surface area (TPSA) is 33.0 Å². The highest BCUT2D eigenvalue weighted by molar-refractivity contribution is 6.69. The van der Waals surface area contributed by atoms with E-state index < -0.39 is 13.9 Å². The first kappa shape index (κ1) is 12.1. The van der Waals surface area contributed by atoms with Crippen LogP contribution >= 0.6 is 0 Å². The Morgan fingerprint density at radius 2 is 1.62 bits per heavy atom. The molecule has 0 aliphatic heterocycles. The van der Waals surface area contributed by atoms with Gasteiger partial charge in [-0.15, -0.1) is 0 Å². The van der Waals surface area contributed by atoms with E-state index in [1.165, 1.54) is 25.7 Å². The Hall–Kier alpha value is -0.333. The average Bonchev–Trinajstić information content (AvgIpc) is 2.53. The van der Waals surface area contributed by atoms with Gasteiger partial charge in [-0.25, -0.2) is 0 Å². The predicted molar refractivity (Wildman–Crippen MR) is 67.5 cm³/mol. The van der Waals surface area contributed by atoms with Crippen molar-refractivity contribution in [3.05, 3.63) is 0 Å². The lowest BCUT2D eigenvalue weighted by molar-refractivity contribution is 0.120. The monoisotopic (exact) mass is 237 g/mol. The van der Waals surface area contributed by atoms with Crippen molar-refractivity contribution in [1.29, 1.82) is 5.26 Å². The first-order valence-corrected chi connectivity index (χ1v) is 9.96. The van der Waals surface area contributed by atoms with Crippen LogP contribution in [0.1, 0.15) is 38.5 Å². The van der Waals surface area contributed by atoms with Gasteiger partial charge in [-0.1, -0.05) is 25.7 Å². The molecular weight excluding hydrogens is 214 g/mol. The number of rotatable bonds is 2. The van der Waals surface area contributed by atoms with Gasteiger partial charge in [0.05, 0.1) is 6.07 Å². The largest absolute Gasteiger partial charge is 0.400 e. The molecule has 3 heteroatoms. The minimum Gasteiger partial charge on any atom is -0.400 e. The fraction of sp³-hybridized carbons (Fsp3) is 0.923.